The van der Waals surface area contributed by atoms with Crippen molar-refractivity contribution < 1.29 is 27.4 Å². The number of pyridine rings is 1. The second-order valence-corrected chi connectivity index (χ2v) is 5.77. The van der Waals surface area contributed by atoms with E-state index in [0.29, 0.717) is 30.5 Å². The fraction of sp³-hybridized carbons (Fsp3) is 0.368. The summed E-state index contributed by atoms with van der Waals surface area (Å²) in [4.78, 5) is 7.76. The summed E-state index contributed by atoms with van der Waals surface area (Å²) in [5, 5.41) is 6.19. The predicted octanol–water partition coefficient (Wildman–Crippen LogP) is 3.48. The quantitative estimate of drug-likeness (QED) is 0.231. The predicted molar refractivity (Wildman–Crippen MR) is 118 cm³/mol. The van der Waals surface area contributed by atoms with Crippen LogP contribution in [0.2, 0.25) is 0 Å². The maximum Gasteiger partial charge on any atom is 0.417 e. The molecule has 0 spiro atoms. The average molecular weight is 540 g/mol. The van der Waals surface area contributed by atoms with Crippen LogP contribution < -0.4 is 24.8 Å². The van der Waals surface area contributed by atoms with Crippen LogP contribution in [0.3, 0.4) is 0 Å². The molecule has 0 aliphatic carbocycles. The van der Waals surface area contributed by atoms with E-state index in [0.717, 1.165) is 17.8 Å². The highest BCUT2D eigenvalue weighted by atomic mass is 127. The number of rotatable bonds is 8. The van der Waals surface area contributed by atoms with Gasteiger partial charge >= 0.3 is 6.18 Å². The van der Waals surface area contributed by atoms with Crippen LogP contribution in [0.4, 0.5) is 13.2 Å². The van der Waals surface area contributed by atoms with Gasteiger partial charge in [-0.05, 0) is 23.8 Å². The number of nitrogens with zero attached hydrogens (tertiary/aromatic N) is 2. The third kappa shape index (κ3) is 7.76. The Bertz CT molecular complexity index is 818. The van der Waals surface area contributed by atoms with E-state index in [1.165, 1.54) is 6.07 Å². The van der Waals surface area contributed by atoms with Gasteiger partial charge in [-0.2, -0.15) is 13.2 Å². The lowest BCUT2D eigenvalue weighted by Gasteiger charge is -2.14. The van der Waals surface area contributed by atoms with Crippen molar-refractivity contribution in [1.29, 1.82) is 0 Å². The topological polar surface area (TPSA) is 77.0 Å². The number of halogens is 4. The number of hydrogen-bond donors (Lipinski definition) is 2. The molecule has 0 unspecified atom stereocenters. The first kappa shape index (κ1) is 25.6. The molecule has 0 bridgehead atoms. The van der Waals surface area contributed by atoms with E-state index in [1.54, 1.807) is 21.3 Å². The molecule has 30 heavy (non-hydrogen) atoms. The van der Waals surface area contributed by atoms with Crippen molar-refractivity contribution in [3.8, 4) is 17.4 Å². The summed E-state index contributed by atoms with van der Waals surface area (Å²) in [6, 6.07) is 7.70. The Morgan fingerprint density at radius 1 is 1.07 bits per heavy atom. The third-order valence-electron chi connectivity index (χ3n) is 3.84. The van der Waals surface area contributed by atoms with Gasteiger partial charge in [0.2, 0.25) is 5.88 Å². The fourth-order valence-electron chi connectivity index (χ4n) is 2.36. The molecule has 2 rings (SSSR count). The molecule has 0 atom stereocenters. The number of aliphatic imine (C=N–C) groups is 1. The Kier molecular flexibility index (Phi) is 10.5. The summed E-state index contributed by atoms with van der Waals surface area (Å²) in [6.45, 7) is 1.09. The van der Waals surface area contributed by atoms with Gasteiger partial charge < -0.3 is 24.8 Å². The summed E-state index contributed by atoms with van der Waals surface area (Å²) >= 11 is 0. The number of methoxy groups -OCH3 is 2. The second-order valence-electron chi connectivity index (χ2n) is 5.77. The molecule has 2 aromatic rings. The van der Waals surface area contributed by atoms with E-state index >= 15 is 0 Å². The standard InChI is InChI=1S/C19H23F3N4O3.HI/c1-23-18(26-11-13-4-6-15(27-2)16(10-13)28-3)24-8-9-29-17-7-5-14(12-25-17)19(20,21)22;/h4-7,10,12H,8-9,11H2,1-3H3,(H2,23,24,26);1H. The molecule has 7 nitrogen and oxygen atoms in total. The van der Waals surface area contributed by atoms with Crippen molar-refractivity contribution in [3.63, 3.8) is 0 Å². The van der Waals surface area contributed by atoms with Gasteiger partial charge in [0.25, 0.3) is 0 Å². The highest BCUT2D eigenvalue weighted by Crippen LogP contribution is 2.29. The van der Waals surface area contributed by atoms with Crippen LogP contribution in [0, 0.1) is 0 Å². The zero-order chi connectivity index (χ0) is 21.3. The van der Waals surface area contributed by atoms with Gasteiger partial charge in [0.05, 0.1) is 26.3 Å². The molecule has 0 fully saturated rings. The second kappa shape index (κ2) is 12.3. The van der Waals surface area contributed by atoms with Gasteiger partial charge in [0.1, 0.15) is 6.61 Å². The first-order valence-corrected chi connectivity index (χ1v) is 8.69. The van der Waals surface area contributed by atoms with E-state index < -0.39 is 11.7 Å². The van der Waals surface area contributed by atoms with Crippen LogP contribution in [0.5, 0.6) is 17.4 Å². The minimum atomic E-state index is -4.42. The minimum Gasteiger partial charge on any atom is -0.493 e. The Morgan fingerprint density at radius 3 is 2.37 bits per heavy atom. The molecule has 1 aromatic heterocycles. The molecule has 166 valence electrons. The van der Waals surface area contributed by atoms with Crippen LogP contribution in [0.1, 0.15) is 11.1 Å². The van der Waals surface area contributed by atoms with Gasteiger partial charge in [-0.15, -0.1) is 24.0 Å². The molecule has 1 heterocycles. The molecule has 0 saturated carbocycles. The number of ether oxygens (including phenoxy) is 3. The van der Waals surface area contributed by atoms with Crippen molar-refractivity contribution in [2.75, 3.05) is 34.4 Å². The van der Waals surface area contributed by atoms with E-state index in [9.17, 15) is 13.2 Å². The lowest BCUT2D eigenvalue weighted by Crippen LogP contribution is -2.38. The molecule has 0 aliphatic heterocycles. The molecular formula is C19H24F3IN4O3. The monoisotopic (exact) mass is 540 g/mol. The Hall–Kier alpha value is -2.44. The van der Waals surface area contributed by atoms with Crippen LogP contribution >= 0.6 is 24.0 Å². The number of alkyl halides is 3. The smallest absolute Gasteiger partial charge is 0.417 e. The fourth-order valence-corrected chi connectivity index (χ4v) is 2.36. The summed E-state index contributed by atoms with van der Waals surface area (Å²) in [7, 11) is 4.77. The summed E-state index contributed by atoms with van der Waals surface area (Å²) in [5.41, 5.74) is 0.151. The first-order valence-electron chi connectivity index (χ1n) is 8.69. The van der Waals surface area contributed by atoms with Gasteiger partial charge in [-0.3, -0.25) is 4.99 Å². The summed E-state index contributed by atoms with van der Waals surface area (Å²) < 4.78 is 53.3. The molecule has 2 N–H and O–H groups in total. The van der Waals surface area contributed by atoms with Gasteiger partial charge in [-0.25, -0.2) is 4.98 Å². The lowest BCUT2D eigenvalue weighted by atomic mass is 10.2. The Balaban J connectivity index is 0.00000450. The molecule has 0 saturated heterocycles. The maximum absolute atomic E-state index is 12.5. The van der Waals surface area contributed by atoms with Crippen molar-refractivity contribution in [2.45, 2.75) is 12.7 Å². The third-order valence-corrected chi connectivity index (χ3v) is 3.84. The number of hydrogen-bond acceptors (Lipinski definition) is 5. The Labute approximate surface area is 190 Å². The molecule has 0 aliphatic rings. The summed E-state index contributed by atoms with van der Waals surface area (Å²) in [5.74, 6) is 1.94. The van der Waals surface area contributed by atoms with E-state index in [1.807, 2.05) is 18.2 Å². The van der Waals surface area contributed by atoms with Crippen LogP contribution in [0.25, 0.3) is 0 Å². The average Bonchev–Trinajstić information content (AvgIpc) is 2.72. The number of benzene rings is 1. The molecule has 0 radical (unpaired) electrons. The van der Waals surface area contributed by atoms with Gasteiger partial charge in [0, 0.05) is 25.9 Å². The van der Waals surface area contributed by atoms with Gasteiger partial charge in [0.15, 0.2) is 17.5 Å². The molecule has 11 heteroatoms. The highest BCUT2D eigenvalue weighted by Gasteiger charge is 2.30. The lowest BCUT2D eigenvalue weighted by molar-refractivity contribution is -0.137. The number of aromatic nitrogens is 1. The van der Waals surface area contributed by atoms with Crippen LogP contribution in [-0.2, 0) is 12.7 Å². The van der Waals surface area contributed by atoms with Crippen molar-refractivity contribution in [1.82, 2.24) is 15.6 Å². The van der Waals surface area contributed by atoms with Crippen molar-refractivity contribution in [3.05, 3.63) is 47.7 Å². The molecular weight excluding hydrogens is 516 g/mol. The number of nitrogens with one attached hydrogen (secondary N) is 2. The summed E-state index contributed by atoms with van der Waals surface area (Å²) in [6.07, 6.45) is -3.68. The van der Waals surface area contributed by atoms with Crippen molar-refractivity contribution >= 4 is 29.9 Å². The minimum absolute atomic E-state index is 0. The molecule has 1 aromatic carbocycles. The normalized spacial score (nSPS) is 11.3. The van der Waals surface area contributed by atoms with Crippen LogP contribution in [-0.4, -0.2) is 45.4 Å². The van der Waals surface area contributed by atoms with Gasteiger partial charge in [-0.1, -0.05) is 6.07 Å². The van der Waals surface area contributed by atoms with Crippen LogP contribution in [0.15, 0.2) is 41.5 Å². The Morgan fingerprint density at radius 2 is 1.80 bits per heavy atom. The highest BCUT2D eigenvalue weighted by molar-refractivity contribution is 14.0. The number of guanidine groups is 1. The molecule has 0 amide bonds. The SMILES string of the molecule is CN=C(NCCOc1ccc(C(F)(F)F)cn1)NCc1ccc(OC)c(OC)c1.I. The van der Waals surface area contributed by atoms with E-state index in [-0.39, 0.29) is 36.5 Å². The van der Waals surface area contributed by atoms with E-state index in [2.05, 4.69) is 20.6 Å². The zero-order valence-electron chi connectivity index (χ0n) is 16.7. The first-order chi connectivity index (χ1) is 13.9. The zero-order valence-corrected chi connectivity index (χ0v) is 19.1. The van der Waals surface area contributed by atoms with Crippen molar-refractivity contribution in [2.24, 2.45) is 4.99 Å². The van der Waals surface area contributed by atoms with E-state index in [4.69, 9.17) is 14.2 Å². The largest absolute Gasteiger partial charge is 0.493 e. The maximum atomic E-state index is 12.5.